The summed E-state index contributed by atoms with van der Waals surface area (Å²) in [4.78, 5) is 16.4. The van der Waals surface area contributed by atoms with Gasteiger partial charge in [0.2, 0.25) is 5.91 Å². The number of hydrogen-bond donors (Lipinski definition) is 1. The van der Waals surface area contributed by atoms with Gasteiger partial charge in [-0.2, -0.15) is 0 Å². The van der Waals surface area contributed by atoms with E-state index in [0.29, 0.717) is 17.8 Å². The minimum absolute atomic E-state index is 0.0548. The summed E-state index contributed by atoms with van der Waals surface area (Å²) in [5.41, 5.74) is 10.8. The zero-order valence-electron chi connectivity index (χ0n) is 11.0. The van der Waals surface area contributed by atoms with Crippen molar-refractivity contribution in [3.05, 3.63) is 28.6 Å². The highest BCUT2D eigenvalue weighted by molar-refractivity contribution is 5.91. The molecule has 1 heterocycles. The molecule has 0 bridgehead atoms. The minimum atomic E-state index is -0.0548. The van der Waals surface area contributed by atoms with Crippen molar-refractivity contribution >= 4 is 23.0 Å². The quantitative estimate of drug-likeness (QED) is 0.509. The molecule has 0 radical (unpaired) electrons. The molecule has 1 saturated heterocycles. The molecule has 1 aliphatic rings. The van der Waals surface area contributed by atoms with Gasteiger partial charge in [-0.05, 0) is 36.6 Å². The monoisotopic (exact) mass is 259 g/mol. The molecule has 100 valence electrons. The van der Waals surface area contributed by atoms with Crippen molar-refractivity contribution in [2.24, 2.45) is 5.11 Å². The number of nitrogens with one attached hydrogen (secondary N) is 1. The summed E-state index contributed by atoms with van der Waals surface area (Å²) in [7, 11) is 0. The Kier molecular flexibility index (Phi) is 4.26. The fourth-order valence-corrected chi connectivity index (χ4v) is 2.20. The predicted molar refractivity (Wildman–Crippen MR) is 75.6 cm³/mol. The first-order valence-corrected chi connectivity index (χ1v) is 6.48. The smallest absolute Gasteiger partial charge is 0.224 e. The maximum atomic E-state index is 11.4. The Morgan fingerprint density at radius 2 is 2.21 bits per heavy atom. The summed E-state index contributed by atoms with van der Waals surface area (Å²) in [5, 5.41) is 6.50. The third-order valence-corrected chi connectivity index (χ3v) is 3.18. The molecule has 0 unspecified atom stereocenters. The van der Waals surface area contributed by atoms with Gasteiger partial charge in [0.05, 0.1) is 5.69 Å². The Morgan fingerprint density at radius 1 is 1.47 bits per heavy atom. The lowest BCUT2D eigenvalue weighted by atomic mass is 10.2. The molecule has 1 aliphatic heterocycles. The van der Waals surface area contributed by atoms with E-state index in [2.05, 4.69) is 20.2 Å². The van der Waals surface area contributed by atoms with Crippen LogP contribution in [-0.4, -0.2) is 19.0 Å². The molecule has 19 heavy (non-hydrogen) atoms. The summed E-state index contributed by atoms with van der Waals surface area (Å²) in [5.74, 6) is -0.0548. The molecule has 0 spiro atoms. The molecule has 6 nitrogen and oxygen atoms in total. The minimum Gasteiger partial charge on any atom is -0.371 e. The highest BCUT2D eigenvalue weighted by atomic mass is 16.1. The molecule has 0 saturated carbocycles. The van der Waals surface area contributed by atoms with Gasteiger partial charge >= 0.3 is 0 Å². The number of carbonyl (C=O) groups is 1. The second kappa shape index (κ2) is 6.11. The molecule has 1 N–H and O–H groups in total. The normalized spacial score (nSPS) is 14.1. The molecular formula is C13H17N5O. The Bertz CT molecular complexity index is 516. The molecule has 6 heteroatoms. The second-order valence-electron chi connectivity index (χ2n) is 4.49. The maximum Gasteiger partial charge on any atom is 0.224 e. The van der Waals surface area contributed by atoms with Crippen LogP contribution in [0, 0.1) is 0 Å². The number of anilines is 2. The third kappa shape index (κ3) is 3.17. The van der Waals surface area contributed by atoms with Crippen molar-refractivity contribution in [1.29, 1.82) is 0 Å². The predicted octanol–water partition coefficient (Wildman–Crippen LogP) is 3.58. The molecule has 1 fully saturated rings. The van der Waals surface area contributed by atoms with Gasteiger partial charge in [-0.3, -0.25) is 4.79 Å². The van der Waals surface area contributed by atoms with Crippen LogP contribution in [0.5, 0.6) is 0 Å². The van der Waals surface area contributed by atoms with Crippen molar-refractivity contribution < 1.29 is 4.79 Å². The lowest BCUT2D eigenvalue weighted by Crippen LogP contribution is -2.17. The summed E-state index contributed by atoms with van der Waals surface area (Å²) < 4.78 is 0. The molecule has 0 aliphatic carbocycles. The van der Waals surface area contributed by atoms with Crippen LogP contribution in [0.25, 0.3) is 10.4 Å². The first-order chi connectivity index (χ1) is 9.24. The fourth-order valence-electron chi connectivity index (χ4n) is 2.20. The Hall–Kier alpha value is -2.20. The zero-order valence-corrected chi connectivity index (χ0v) is 11.0. The SMILES string of the molecule is CCC(=O)Nc1ccc(N2CCCC2)c(N=[N+]=[N-])c1. The first-order valence-electron chi connectivity index (χ1n) is 6.48. The van der Waals surface area contributed by atoms with Crippen molar-refractivity contribution in [2.75, 3.05) is 23.3 Å². The van der Waals surface area contributed by atoms with E-state index in [1.807, 2.05) is 12.1 Å². The van der Waals surface area contributed by atoms with Gasteiger partial charge in [0.15, 0.2) is 0 Å². The van der Waals surface area contributed by atoms with Crippen LogP contribution in [0.1, 0.15) is 26.2 Å². The third-order valence-electron chi connectivity index (χ3n) is 3.18. The number of carbonyl (C=O) groups excluding carboxylic acids is 1. The van der Waals surface area contributed by atoms with Crippen LogP contribution < -0.4 is 10.2 Å². The van der Waals surface area contributed by atoms with Gasteiger partial charge in [-0.15, -0.1) is 0 Å². The molecule has 2 rings (SSSR count). The fraction of sp³-hybridized carbons (Fsp3) is 0.462. The number of rotatable bonds is 4. The highest BCUT2D eigenvalue weighted by Crippen LogP contribution is 2.33. The van der Waals surface area contributed by atoms with Crippen LogP contribution in [-0.2, 0) is 4.79 Å². The molecule has 0 aromatic heterocycles. The Morgan fingerprint density at radius 3 is 2.84 bits per heavy atom. The zero-order chi connectivity index (χ0) is 13.7. The maximum absolute atomic E-state index is 11.4. The first kappa shape index (κ1) is 13.2. The van der Waals surface area contributed by atoms with Crippen LogP contribution >= 0.6 is 0 Å². The van der Waals surface area contributed by atoms with E-state index in [0.717, 1.165) is 31.6 Å². The summed E-state index contributed by atoms with van der Waals surface area (Å²) in [6.45, 7) is 3.76. The van der Waals surface area contributed by atoms with E-state index in [1.54, 1.807) is 13.0 Å². The summed E-state index contributed by atoms with van der Waals surface area (Å²) in [6.07, 6.45) is 2.73. The van der Waals surface area contributed by atoms with E-state index in [4.69, 9.17) is 5.53 Å². The Balaban J connectivity index is 2.29. The second-order valence-corrected chi connectivity index (χ2v) is 4.49. The van der Waals surface area contributed by atoms with E-state index in [-0.39, 0.29) is 5.91 Å². The largest absolute Gasteiger partial charge is 0.371 e. The average Bonchev–Trinajstić information content (AvgIpc) is 2.93. The van der Waals surface area contributed by atoms with Gasteiger partial charge in [-0.25, -0.2) is 0 Å². The van der Waals surface area contributed by atoms with Gasteiger partial charge in [0.25, 0.3) is 0 Å². The van der Waals surface area contributed by atoms with E-state index in [1.165, 1.54) is 0 Å². The molecule has 1 amide bonds. The number of hydrogen-bond acceptors (Lipinski definition) is 3. The van der Waals surface area contributed by atoms with E-state index in [9.17, 15) is 4.79 Å². The molecule has 1 aromatic carbocycles. The molecule has 0 atom stereocenters. The number of benzene rings is 1. The number of azide groups is 1. The van der Waals surface area contributed by atoms with Crippen molar-refractivity contribution in [3.63, 3.8) is 0 Å². The van der Waals surface area contributed by atoms with Crippen molar-refractivity contribution in [1.82, 2.24) is 0 Å². The van der Waals surface area contributed by atoms with Crippen LogP contribution in [0.3, 0.4) is 0 Å². The van der Waals surface area contributed by atoms with Crippen LogP contribution in [0.2, 0.25) is 0 Å². The standard InChI is InChI=1S/C13H17N5O/c1-2-13(19)15-10-5-6-12(11(9-10)16-17-14)18-7-3-4-8-18/h5-6,9H,2-4,7-8H2,1H3,(H,15,19). The lowest BCUT2D eigenvalue weighted by Gasteiger charge is -2.20. The number of amides is 1. The van der Waals surface area contributed by atoms with Gasteiger partial charge < -0.3 is 10.2 Å². The molecular weight excluding hydrogens is 242 g/mol. The topological polar surface area (TPSA) is 81.1 Å². The van der Waals surface area contributed by atoms with Gasteiger partial charge in [-0.1, -0.05) is 12.0 Å². The molecule has 1 aromatic rings. The average molecular weight is 259 g/mol. The van der Waals surface area contributed by atoms with E-state index < -0.39 is 0 Å². The summed E-state index contributed by atoms with van der Waals surface area (Å²) in [6, 6.07) is 5.47. The van der Waals surface area contributed by atoms with Crippen molar-refractivity contribution in [2.45, 2.75) is 26.2 Å². The highest BCUT2D eigenvalue weighted by Gasteiger charge is 2.15. The van der Waals surface area contributed by atoms with Crippen LogP contribution in [0.4, 0.5) is 17.1 Å². The Labute approximate surface area is 112 Å². The number of nitrogens with zero attached hydrogens (tertiary/aromatic N) is 4. The van der Waals surface area contributed by atoms with Crippen molar-refractivity contribution in [3.8, 4) is 0 Å². The van der Waals surface area contributed by atoms with Crippen LogP contribution in [0.15, 0.2) is 23.3 Å². The lowest BCUT2D eigenvalue weighted by molar-refractivity contribution is -0.115. The van der Waals surface area contributed by atoms with Gasteiger partial charge in [0, 0.05) is 35.8 Å². The summed E-state index contributed by atoms with van der Waals surface area (Å²) >= 11 is 0. The van der Waals surface area contributed by atoms with E-state index >= 15 is 0 Å². The van der Waals surface area contributed by atoms with Gasteiger partial charge in [0.1, 0.15) is 0 Å².